The maximum absolute atomic E-state index is 12.2. The number of aliphatic hydroxyl groups excluding tert-OH is 2. The number of rotatable bonds is 0. The van der Waals surface area contributed by atoms with Crippen molar-refractivity contribution in [2.45, 2.75) is 69.8 Å². The Hall–Kier alpha value is -0.810. The number of amides is 1. The number of hydrogen-bond donors (Lipinski definition) is 2. The summed E-state index contributed by atoms with van der Waals surface area (Å²) in [6.45, 7) is 5.61. The molecule has 1 aliphatic heterocycles. The van der Waals surface area contributed by atoms with Crippen LogP contribution in [0.3, 0.4) is 0 Å². The van der Waals surface area contributed by atoms with Gasteiger partial charge in [-0.05, 0) is 33.6 Å². The average molecular weight is 257 g/mol. The minimum Gasteiger partial charge on any atom is -0.444 e. The monoisotopic (exact) mass is 257 g/mol. The normalized spacial score (nSPS) is 31.1. The van der Waals surface area contributed by atoms with Crippen molar-refractivity contribution in [2.75, 3.05) is 6.54 Å². The Morgan fingerprint density at radius 3 is 2.33 bits per heavy atom. The van der Waals surface area contributed by atoms with Gasteiger partial charge in [0.1, 0.15) is 11.7 Å². The van der Waals surface area contributed by atoms with Crippen LogP contribution in [0.1, 0.15) is 46.5 Å². The second kappa shape index (κ2) is 4.38. The summed E-state index contributed by atoms with van der Waals surface area (Å²) >= 11 is 0. The molecule has 0 unspecified atom stereocenters. The van der Waals surface area contributed by atoms with Crippen molar-refractivity contribution >= 4 is 6.09 Å². The van der Waals surface area contributed by atoms with Gasteiger partial charge in [0.05, 0.1) is 18.2 Å². The average Bonchev–Trinajstić information content (AvgIpc) is 2.79. The Labute approximate surface area is 108 Å². The molecule has 0 bridgehead atoms. The molecule has 5 nitrogen and oxygen atoms in total. The topological polar surface area (TPSA) is 70.0 Å². The highest BCUT2D eigenvalue weighted by atomic mass is 16.6. The van der Waals surface area contributed by atoms with Crippen LogP contribution in [0, 0.1) is 0 Å². The van der Waals surface area contributed by atoms with E-state index >= 15 is 0 Å². The van der Waals surface area contributed by atoms with Gasteiger partial charge < -0.3 is 14.9 Å². The number of ether oxygens (including phenoxy) is 1. The predicted molar refractivity (Wildman–Crippen MR) is 66.2 cm³/mol. The fourth-order valence-corrected chi connectivity index (χ4v) is 3.11. The zero-order chi connectivity index (χ0) is 13.6. The first-order valence-corrected chi connectivity index (χ1v) is 6.63. The summed E-state index contributed by atoms with van der Waals surface area (Å²) in [7, 11) is 0. The number of hydrogen-bond acceptors (Lipinski definition) is 4. The molecule has 0 radical (unpaired) electrons. The van der Waals surface area contributed by atoms with E-state index in [1.807, 2.05) is 20.8 Å². The summed E-state index contributed by atoms with van der Waals surface area (Å²) in [4.78, 5) is 13.7. The Morgan fingerprint density at radius 1 is 1.28 bits per heavy atom. The highest BCUT2D eigenvalue weighted by Crippen LogP contribution is 2.43. The Kier molecular flexibility index (Phi) is 3.32. The fourth-order valence-electron chi connectivity index (χ4n) is 3.11. The van der Waals surface area contributed by atoms with Gasteiger partial charge in [0.25, 0.3) is 0 Å². The second-order valence-electron chi connectivity index (χ2n) is 6.41. The molecule has 1 spiro atoms. The predicted octanol–water partition coefficient (Wildman–Crippen LogP) is 1.27. The third-order valence-corrected chi connectivity index (χ3v) is 3.91. The van der Waals surface area contributed by atoms with Crippen molar-refractivity contribution in [3.63, 3.8) is 0 Å². The Morgan fingerprint density at radius 2 is 1.83 bits per heavy atom. The molecule has 0 aromatic carbocycles. The zero-order valence-corrected chi connectivity index (χ0v) is 11.3. The zero-order valence-electron chi connectivity index (χ0n) is 11.3. The van der Waals surface area contributed by atoms with Crippen LogP contribution in [-0.2, 0) is 4.74 Å². The summed E-state index contributed by atoms with van der Waals surface area (Å²) in [6, 6.07) is 0. The smallest absolute Gasteiger partial charge is 0.410 e. The maximum atomic E-state index is 12.2. The lowest BCUT2D eigenvalue weighted by molar-refractivity contribution is -0.0224. The molecule has 1 amide bonds. The minimum absolute atomic E-state index is 0.163. The molecule has 1 heterocycles. The van der Waals surface area contributed by atoms with Gasteiger partial charge >= 0.3 is 6.09 Å². The lowest BCUT2D eigenvalue weighted by Crippen LogP contribution is -2.52. The summed E-state index contributed by atoms with van der Waals surface area (Å²) in [5.74, 6) is 0. The largest absolute Gasteiger partial charge is 0.444 e. The van der Waals surface area contributed by atoms with Crippen LogP contribution in [0.15, 0.2) is 0 Å². The lowest BCUT2D eigenvalue weighted by Gasteiger charge is -2.37. The highest BCUT2D eigenvalue weighted by Gasteiger charge is 2.56. The number of β-amino-alcohol motifs (C(OH)–C–C–N with tert-alkyl or cyclic N) is 1. The summed E-state index contributed by atoms with van der Waals surface area (Å²) in [6.07, 6.45) is 1.28. The van der Waals surface area contributed by atoms with Crippen molar-refractivity contribution in [1.82, 2.24) is 4.90 Å². The van der Waals surface area contributed by atoms with Gasteiger partial charge in [0, 0.05) is 0 Å². The molecule has 18 heavy (non-hydrogen) atoms. The summed E-state index contributed by atoms with van der Waals surface area (Å²) < 4.78 is 5.37. The van der Waals surface area contributed by atoms with E-state index in [4.69, 9.17) is 4.74 Å². The van der Waals surface area contributed by atoms with E-state index in [2.05, 4.69) is 0 Å². The molecular formula is C13H23NO4. The van der Waals surface area contributed by atoms with Gasteiger partial charge in [-0.2, -0.15) is 0 Å². The quantitative estimate of drug-likeness (QED) is 0.685. The molecule has 104 valence electrons. The van der Waals surface area contributed by atoms with Crippen LogP contribution in [-0.4, -0.2) is 51.1 Å². The standard InChI is InChI=1S/C13H23NO4/c1-12(2,3)18-11(17)14-8-9(15)10(16)13(14)6-4-5-7-13/h9-10,15-16H,4-8H2,1-3H3/t9-,10-/m1/s1. The minimum atomic E-state index is -0.865. The summed E-state index contributed by atoms with van der Waals surface area (Å²) in [5, 5.41) is 20.0. The van der Waals surface area contributed by atoms with Crippen molar-refractivity contribution in [3.8, 4) is 0 Å². The van der Waals surface area contributed by atoms with Crippen molar-refractivity contribution in [2.24, 2.45) is 0 Å². The van der Waals surface area contributed by atoms with Crippen molar-refractivity contribution < 1.29 is 19.7 Å². The first kappa shape index (κ1) is 13.6. The van der Waals surface area contributed by atoms with Crippen LogP contribution in [0.2, 0.25) is 0 Å². The molecule has 0 aromatic heterocycles. The van der Waals surface area contributed by atoms with Gasteiger partial charge in [-0.1, -0.05) is 12.8 Å². The van der Waals surface area contributed by atoms with Crippen LogP contribution in [0.25, 0.3) is 0 Å². The molecule has 1 aliphatic carbocycles. The van der Waals surface area contributed by atoms with Crippen LogP contribution >= 0.6 is 0 Å². The Bertz CT molecular complexity index is 330. The third-order valence-electron chi connectivity index (χ3n) is 3.91. The molecular weight excluding hydrogens is 234 g/mol. The van der Waals surface area contributed by atoms with E-state index in [1.54, 1.807) is 4.90 Å². The highest BCUT2D eigenvalue weighted by molar-refractivity contribution is 5.70. The summed E-state index contributed by atoms with van der Waals surface area (Å²) in [5.41, 5.74) is -1.17. The number of likely N-dealkylation sites (tertiary alicyclic amines) is 1. The second-order valence-corrected chi connectivity index (χ2v) is 6.41. The van der Waals surface area contributed by atoms with Crippen molar-refractivity contribution in [1.29, 1.82) is 0 Å². The van der Waals surface area contributed by atoms with Gasteiger partial charge in [-0.3, -0.25) is 4.90 Å². The molecule has 2 rings (SSSR count). The third kappa shape index (κ3) is 2.21. The SMILES string of the molecule is CC(C)(C)OC(=O)N1C[C@@H](O)[C@@H](O)C12CCCC2. The molecule has 1 saturated carbocycles. The molecule has 2 atom stereocenters. The van der Waals surface area contributed by atoms with E-state index in [-0.39, 0.29) is 6.54 Å². The van der Waals surface area contributed by atoms with Crippen LogP contribution in [0.4, 0.5) is 4.79 Å². The van der Waals surface area contributed by atoms with Gasteiger partial charge in [-0.25, -0.2) is 4.79 Å². The number of nitrogens with zero attached hydrogens (tertiary/aromatic N) is 1. The molecule has 2 N–H and O–H groups in total. The van der Waals surface area contributed by atoms with Gasteiger partial charge in [0.15, 0.2) is 0 Å². The van der Waals surface area contributed by atoms with E-state index < -0.39 is 29.4 Å². The number of aliphatic hydroxyl groups is 2. The van der Waals surface area contributed by atoms with Crippen molar-refractivity contribution in [3.05, 3.63) is 0 Å². The molecule has 2 aliphatic rings. The number of carbonyl (C=O) groups excluding carboxylic acids is 1. The van der Waals surface area contributed by atoms with E-state index in [1.165, 1.54) is 0 Å². The first-order valence-electron chi connectivity index (χ1n) is 6.63. The van der Waals surface area contributed by atoms with Gasteiger partial charge in [-0.15, -0.1) is 0 Å². The van der Waals surface area contributed by atoms with Crippen LogP contribution < -0.4 is 0 Å². The van der Waals surface area contributed by atoms with Gasteiger partial charge in [0.2, 0.25) is 0 Å². The fraction of sp³-hybridized carbons (Fsp3) is 0.923. The molecule has 5 heteroatoms. The Balaban J connectivity index is 2.18. The first-order chi connectivity index (χ1) is 8.26. The van der Waals surface area contributed by atoms with E-state index in [0.717, 1.165) is 25.7 Å². The molecule has 2 fully saturated rings. The molecule has 1 saturated heterocycles. The van der Waals surface area contributed by atoms with E-state index in [9.17, 15) is 15.0 Å². The lowest BCUT2D eigenvalue weighted by atomic mass is 9.90. The molecule has 0 aromatic rings. The maximum Gasteiger partial charge on any atom is 0.410 e. The number of carbonyl (C=O) groups is 1. The van der Waals surface area contributed by atoms with Crippen LogP contribution in [0.5, 0.6) is 0 Å². The van der Waals surface area contributed by atoms with E-state index in [0.29, 0.717) is 0 Å².